The van der Waals surface area contributed by atoms with Crippen LogP contribution in [-0.4, -0.2) is 32.8 Å². The second kappa shape index (κ2) is 9.78. The van der Waals surface area contributed by atoms with Crippen molar-refractivity contribution in [3.8, 4) is 11.3 Å². The van der Waals surface area contributed by atoms with Gasteiger partial charge in [-0.05, 0) is 60.0 Å². The molecule has 0 unspecified atom stereocenters. The zero-order valence-electron chi connectivity index (χ0n) is 17.9. The van der Waals surface area contributed by atoms with Crippen LogP contribution in [0.5, 0.6) is 0 Å². The summed E-state index contributed by atoms with van der Waals surface area (Å²) >= 11 is 1.53. The molecule has 4 aromatic rings. The van der Waals surface area contributed by atoms with E-state index in [4.69, 9.17) is 4.98 Å². The standard InChI is InChI=1S/C25H23FN4OS/c1-17-5-3-4-6-20(17)16-32-25-28-22(19-7-9-21(26)10-8-19)23(29-25)24(31)30(2)15-18-11-13-27-14-12-18/h3-14H,15-16H2,1-2H3,(H,28,29). The minimum Gasteiger partial charge on any atom is -0.336 e. The van der Waals surface area contributed by atoms with E-state index < -0.39 is 0 Å². The van der Waals surface area contributed by atoms with Crippen molar-refractivity contribution in [2.75, 3.05) is 7.05 Å². The summed E-state index contributed by atoms with van der Waals surface area (Å²) in [5.74, 6) is 0.210. The largest absolute Gasteiger partial charge is 0.336 e. The lowest BCUT2D eigenvalue weighted by Gasteiger charge is -2.17. The number of H-pyrrole nitrogens is 1. The van der Waals surface area contributed by atoms with Gasteiger partial charge in [-0.15, -0.1) is 0 Å². The number of hydrogen-bond donors (Lipinski definition) is 1. The van der Waals surface area contributed by atoms with Crippen LogP contribution in [0.3, 0.4) is 0 Å². The van der Waals surface area contributed by atoms with Gasteiger partial charge in [-0.2, -0.15) is 0 Å². The predicted octanol–water partition coefficient (Wildman–Crippen LogP) is 5.48. The molecule has 0 fully saturated rings. The van der Waals surface area contributed by atoms with Gasteiger partial charge in [0, 0.05) is 37.3 Å². The van der Waals surface area contributed by atoms with Gasteiger partial charge in [0.15, 0.2) is 5.16 Å². The van der Waals surface area contributed by atoms with Crippen LogP contribution in [0.1, 0.15) is 27.2 Å². The molecule has 0 bridgehead atoms. The Morgan fingerprint density at radius 3 is 2.50 bits per heavy atom. The fraction of sp³-hybridized carbons (Fsp3) is 0.160. The number of carbonyl (C=O) groups excluding carboxylic acids is 1. The molecule has 0 saturated carbocycles. The Balaban J connectivity index is 1.62. The second-order valence-electron chi connectivity index (χ2n) is 7.50. The summed E-state index contributed by atoms with van der Waals surface area (Å²) in [6.45, 7) is 2.51. The molecule has 4 rings (SSSR count). The van der Waals surface area contributed by atoms with Crippen molar-refractivity contribution in [1.82, 2.24) is 19.9 Å². The molecule has 2 aromatic heterocycles. The van der Waals surface area contributed by atoms with E-state index in [2.05, 4.69) is 29.0 Å². The molecule has 0 aliphatic rings. The average Bonchev–Trinajstić information content (AvgIpc) is 3.23. The average molecular weight is 447 g/mol. The van der Waals surface area contributed by atoms with E-state index in [0.717, 1.165) is 11.3 Å². The first-order chi connectivity index (χ1) is 15.5. The number of hydrogen-bond acceptors (Lipinski definition) is 4. The van der Waals surface area contributed by atoms with Crippen molar-refractivity contribution in [3.63, 3.8) is 0 Å². The molecule has 0 saturated heterocycles. The number of aryl methyl sites for hydroxylation is 1. The third kappa shape index (κ3) is 5.06. The maximum Gasteiger partial charge on any atom is 0.272 e. The quantitative estimate of drug-likeness (QED) is 0.382. The molecule has 0 spiro atoms. The molecule has 0 aliphatic carbocycles. The molecular weight excluding hydrogens is 423 g/mol. The van der Waals surface area contributed by atoms with Gasteiger partial charge in [-0.25, -0.2) is 9.37 Å². The van der Waals surface area contributed by atoms with Gasteiger partial charge in [-0.1, -0.05) is 36.0 Å². The Morgan fingerprint density at radius 1 is 1.06 bits per heavy atom. The number of carbonyl (C=O) groups is 1. The van der Waals surface area contributed by atoms with Crippen LogP contribution in [0.15, 0.2) is 78.2 Å². The van der Waals surface area contributed by atoms with E-state index in [1.54, 1.807) is 36.5 Å². The normalized spacial score (nSPS) is 10.8. The van der Waals surface area contributed by atoms with Crippen molar-refractivity contribution in [2.24, 2.45) is 0 Å². The van der Waals surface area contributed by atoms with Crippen LogP contribution in [0.2, 0.25) is 0 Å². The molecule has 0 atom stereocenters. The van der Waals surface area contributed by atoms with E-state index in [-0.39, 0.29) is 11.7 Å². The number of thioether (sulfide) groups is 1. The molecule has 162 valence electrons. The number of amides is 1. The van der Waals surface area contributed by atoms with Crippen molar-refractivity contribution < 1.29 is 9.18 Å². The van der Waals surface area contributed by atoms with Gasteiger partial charge in [0.1, 0.15) is 17.2 Å². The maximum absolute atomic E-state index is 13.5. The van der Waals surface area contributed by atoms with Gasteiger partial charge in [0.25, 0.3) is 5.91 Å². The molecule has 0 radical (unpaired) electrons. The van der Waals surface area contributed by atoms with Gasteiger partial charge < -0.3 is 9.88 Å². The molecule has 0 aliphatic heterocycles. The van der Waals surface area contributed by atoms with E-state index in [1.165, 1.54) is 35.0 Å². The zero-order valence-corrected chi connectivity index (χ0v) is 18.7. The Bertz CT molecular complexity index is 1210. The highest BCUT2D eigenvalue weighted by molar-refractivity contribution is 7.98. The van der Waals surface area contributed by atoms with Crippen LogP contribution in [0.25, 0.3) is 11.3 Å². The lowest BCUT2D eigenvalue weighted by Crippen LogP contribution is -2.27. The van der Waals surface area contributed by atoms with Crippen molar-refractivity contribution in [3.05, 3.63) is 101 Å². The van der Waals surface area contributed by atoms with Gasteiger partial charge in [-0.3, -0.25) is 9.78 Å². The maximum atomic E-state index is 13.5. The highest BCUT2D eigenvalue weighted by Gasteiger charge is 2.22. The van der Waals surface area contributed by atoms with Crippen molar-refractivity contribution >= 4 is 17.7 Å². The Morgan fingerprint density at radius 2 is 1.78 bits per heavy atom. The van der Waals surface area contributed by atoms with Crippen LogP contribution in [0, 0.1) is 12.7 Å². The summed E-state index contributed by atoms with van der Waals surface area (Å²) in [6, 6.07) is 18.0. The summed E-state index contributed by atoms with van der Waals surface area (Å²) in [7, 11) is 1.75. The molecule has 2 aromatic carbocycles. The summed E-state index contributed by atoms with van der Waals surface area (Å²) < 4.78 is 13.5. The number of rotatable bonds is 7. The zero-order chi connectivity index (χ0) is 22.5. The van der Waals surface area contributed by atoms with Gasteiger partial charge in [0.05, 0.1) is 0 Å². The lowest BCUT2D eigenvalue weighted by molar-refractivity contribution is 0.0780. The minimum atomic E-state index is -0.332. The number of benzene rings is 2. The third-order valence-corrected chi connectivity index (χ3v) is 6.08. The molecule has 2 heterocycles. The van der Waals surface area contributed by atoms with E-state index >= 15 is 0 Å². The van der Waals surface area contributed by atoms with Gasteiger partial charge in [0.2, 0.25) is 0 Å². The van der Waals surface area contributed by atoms with Crippen LogP contribution >= 0.6 is 11.8 Å². The molecule has 5 nitrogen and oxygen atoms in total. The van der Waals surface area contributed by atoms with Crippen LogP contribution in [0.4, 0.5) is 4.39 Å². The molecule has 1 N–H and O–H groups in total. The molecule has 7 heteroatoms. The van der Waals surface area contributed by atoms with Gasteiger partial charge >= 0.3 is 0 Å². The monoisotopic (exact) mass is 446 g/mol. The fourth-order valence-electron chi connectivity index (χ4n) is 3.33. The number of halogens is 1. The summed E-state index contributed by atoms with van der Waals surface area (Å²) in [4.78, 5) is 26.9. The minimum absolute atomic E-state index is 0.184. The number of aromatic amines is 1. The van der Waals surface area contributed by atoms with E-state index in [9.17, 15) is 9.18 Å². The number of nitrogens with zero attached hydrogens (tertiary/aromatic N) is 3. The first-order valence-corrected chi connectivity index (χ1v) is 11.2. The molecular formula is C25H23FN4OS. The predicted molar refractivity (Wildman–Crippen MR) is 125 cm³/mol. The molecule has 1 amide bonds. The summed E-state index contributed by atoms with van der Waals surface area (Å²) in [6.07, 6.45) is 3.40. The third-order valence-electron chi connectivity index (χ3n) is 5.16. The number of pyridine rings is 1. The van der Waals surface area contributed by atoms with Crippen molar-refractivity contribution in [2.45, 2.75) is 24.4 Å². The second-order valence-corrected chi connectivity index (χ2v) is 8.47. The number of imidazole rings is 1. The van der Waals surface area contributed by atoms with Crippen molar-refractivity contribution in [1.29, 1.82) is 0 Å². The number of aromatic nitrogens is 3. The first-order valence-electron chi connectivity index (χ1n) is 10.2. The highest BCUT2D eigenvalue weighted by Crippen LogP contribution is 2.29. The van der Waals surface area contributed by atoms with E-state index in [1.807, 2.05) is 24.3 Å². The highest BCUT2D eigenvalue weighted by atomic mass is 32.2. The topological polar surface area (TPSA) is 61.9 Å². The summed E-state index contributed by atoms with van der Waals surface area (Å²) in [5.41, 5.74) is 4.99. The van der Waals surface area contributed by atoms with E-state index in [0.29, 0.717) is 28.7 Å². The fourth-order valence-corrected chi connectivity index (χ4v) is 4.28. The lowest BCUT2D eigenvalue weighted by atomic mass is 10.1. The smallest absolute Gasteiger partial charge is 0.272 e. The summed E-state index contributed by atoms with van der Waals surface area (Å²) in [5, 5.41) is 0.647. The van der Waals surface area contributed by atoms with Crippen LogP contribution < -0.4 is 0 Å². The Hall–Kier alpha value is -3.45. The Labute approximate surface area is 190 Å². The Kier molecular flexibility index (Phi) is 6.66. The first kappa shape index (κ1) is 21.8. The van der Waals surface area contributed by atoms with Crippen LogP contribution in [-0.2, 0) is 12.3 Å². The SMILES string of the molecule is Cc1ccccc1CSc1nc(-c2ccc(F)cc2)c(C(=O)N(C)Cc2ccncc2)[nH]1. The molecule has 32 heavy (non-hydrogen) atoms. The number of nitrogens with one attached hydrogen (secondary N) is 1.